The van der Waals surface area contributed by atoms with Crippen molar-refractivity contribution in [2.75, 3.05) is 5.73 Å². The van der Waals surface area contributed by atoms with Crippen molar-refractivity contribution >= 4 is 5.69 Å². The average molecular weight is 137 g/mol. The maximum absolute atomic E-state index is 12.3. The number of rotatable bonds is 0. The highest BCUT2D eigenvalue weighted by Crippen LogP contribution is 2.07. The van der Waals surface area contributed by atoms with E-state index >= 15 is 0 Å². The van der Waals surface area contributed by atoms with Crippen LogP contribution in [-0.2, 0) is 0 Å². The quantitative estimate of drug-likeness (QED) is 0.571. The lowest BCUT2D eigenvalue weighted by Crippen LogP contribution is -1.93. The van der Waals surface area contributed by atoms with Crippen molar-refractivity contribution < 1.29 is 4.39 Å². The number of halogens is 1. The lowest BCUT2D eigenvalue weighted by atomic mass is 10.3. The highest BCUT2D eigenvalue weighted by Gasteiger charge is 1.98. The predicted octanol–water partition coefficient (Wildman–Crippen LogP) is 0.675. The second-order valence-electron chi connectivity index (χ2n) is 1.70. The van der Waals surface area contributed by atoms with Gasteiger partial charge in [-0.1, -0.05) is 0 Å². The summed E-state index contributed by atoms with van der Waals surface area (Å²) in [7, 11) is 0. The van der Waals surface area contributed by atoms with Crippen LogP contribution in [0, 0.1) is 17.1 Å². The largest absolute Gasteiger partial charge is 0.396 e. The van der Waals surface area contributed by atoms with E-state index in [0.717, 1.165) is 6.20 Å². The van der Waals surface area contributed by atoms with Crippen LogP contribution >= 0.6 is 0 Å². The number of nitriles is 1. The third kappa shape index (κ3) is 1.03. The normalized spacial score (nSPS) is 8.80. The molecule has 0 atom stereocenters. The van der Waals surface area contributed by atoms with Crippen LogP contribution in [0.2, 0.25) is 0 Å². The summed E-state index contributed by atoms with van der Waals surface area (Å²) in [6, 6.07) is 2.93. The predicted molar refractivity (Wildman–Crippen MR) is 33.3 cm³/mol. The first-order valence-electron chi connectivity index (χ1n) is 2.55. The molecule has 0 aromatic carbocycles. The summed E-state index contributed by atoms with van der Waals surface area (Å²) in [5, 5.41) is 8.26. The van der Waals surface area contributed by atoms with Crippen LogP contribution in [-0.4, -0.2) is 4.98 Å². The summed E-state index contributed by atoms with van der Waals surface area (Å²) in [5.41, 5.74) is 5.20. The summed E-state index contributed by atoms with van der Waals surface area (Å²) in [6.07, 6.45) is 0.924. The topological polar surface area (TPSA) is 62.7 Å². The molecule has 1 aromatic rings. The van der Waals surface area contributed by atoms with Crippen LogP contribution in [0.25, 0.3) is 0 Å². The molecule has 0 unspecified atom stereocenters. The molecule has 3 nitrogen and oxygen atoms in total. The molecule has 0 fully saturated rings. The van der Waals surface area contributed by atoms with Gasteiger partial charge in [-0.3, -0.25) is 0 Å². The molecule has 0 radical (unpaired) electrons. The third-order valence-corrected chi connectivity index (χ3v) is 1.000. The van der Waals surface area contributed by atoms with Crippen molar-refractivity contribution in [1.82, 2.24) is 4.98 Å². The highest BCUT2D eigenvalue weighted by atomic mass is 19.1. The van der Waals surface area contributed by atoms with Crippen molar-refractivity contribution in [3.05, 3.63) is 23.8 Å². The molecule has 0 spiro atoms. The van der Waals surface area contributed by atoms with Crippen molar-refractivity contribution in [2.24, 2.45) is 0 Å². The number of nitrogens with two attached hydrogens (primary N) is 1. The second-order valence-corrected chi connectivity index (χ2v) is 1.70. The fourth-order valence-corrected chi connectivity index (χ4v) is 0.515. The molecule has 50 valence electrons. The molecule has 0 bridgehead atoms. The van der Waals surface area contributed by atoms with E-state index in [1.807, 2.05) is 0 Å². The molecule has 0 aliphatic rings. The Hall–Kier alpha value is -1.63. The highest BCUT2D eigenvalue weighted by molar-refractivity contribution is 5.42. The molecule has 10 heavy (non-hydrogen) atoms. The average Bonchev–Trinajstić information content (AvgIpc) is 1.95. The first kappa shape index (κ1) is 6.49. The Morgan fingerprint density at radius 3 is 2.90 bits per heavy atom. The van der Waals surface area contributed by atoms with E-state index in [0.29, 0.717) is 0 Å². The van der Waals surface area contributed by atoms with Gasteiger partial charge in [0.1, 0.15) is 11.8 Å². The van der Waals surface area contributed by atoms with Gasteiger partial charge in [-0.2, -0.15) is 5.26 Å². The minimum atomic E-state index is -0.598. The van der Waals surface area contributed by atoms with Gasteiger partial charge >= 0.3 is 0 Å². The molecular weight excluding hydrogens is 133 g/mol. The summed E-state index contributed by atoms with van der Waals surface area (Å²) in [6.45, 7) is 0. The van der Waals surface area contributed by atoms with Crippen LogP contribution in [0.5, 0.6) is 0 Å². The van der Waals surface area contributed by atoms with Crippen molar-refractivity contribution in [3.63, 3.8) is 0 Å². The van der Waals surface area contributed by atoms with Crippen molar-refractivity contribution in [2.45, 2.75) is 0 Å². The molecule has 4 heteroatoms. The van der Waals surface area contributed by atoms with E-state index in [2.05, 4.69) is 4.98 Å². The Morgan fingerprint density at radius 2 is 2.40 bits per heavy atom. The van der Waals surface area contributed by atoms with E-state index < -0.39 is 5.82 Å². The minimum absolute atomic E-state index is 0.0495. The smallest absolute Gasteiger partial charge is 0.164 e. The van der Waals surface area contributed by atoms with Crippen molar-refractivity contribution in [3.8, 4) is 6.07 Å². The van der Waals surface area contributed by atoms with Gasteiger partial charge in [0.2, 0.25) is 0 Å². The second kappa shape index (κ2) is 2.31. The Balaban J connectivity index is 3.20. The van der Waals surface area contributed by atoms with Gasteiger partial charge < -0.3 is 5.73 Å². The molecule has 1 aromatic heterocycles. The van der Waals surface area contributed by atoms with Gasteiger partial charge in [0.15, 0.2) is 5.82 Å². The lowest BCUT2D eigenvalue weighted by molar-refractivity contribution is 0.626. The van der Waals surface area contributed by atoms with E-state index in [-0.39, 0.29) is 11.4 Å². The van der Waals surface area contributed by atoms with Crippen LogP contribution in [0.1, 0.15) is 5.69 Å². The van der Waals surface area contributed by atoms with E-state index in [1.54, 1.807) is 6.07 Å². The van der Waals surface area contributed by atoms with Crippen LogP contribution in [0.15, 0.2) is 12.3 Å². The Bertz CT molecular complexity index is 290. The molecule has 0 amide bonds. The van der Waals surface area contributed by atoms with Gasteiger partial charge in [-0.25, -0.2) is 9.37 Å². The number of nitrogens with zero attached hydrogens (tertiary/aromatic N) is 2. The van der Waals surface area contributed by atoms with Gasteiger partial charge in [0, 0.05) is 6.07 Å². The number of anilines is 1. The molecular formula is C6H4FN3. The van der Waals surface area contributed by atoms with E-state index in [1.165, 1.54) is 6.07 Å². The van der Waals surface area contributed by atoms with Crippen LogP contribution < -0.4 is 5.73 Å². The standard InChI is InChI=1S/C6H4FN3/c7-5-3-10-4(2-8)1-6(5)9/h1,3H,(H2,9,10). The first-order valence-corrected chi connectivity index (χ1v) is 2.55. The molecule has 0 aliphatic heterocycles. The number of hydrogen-bond donors (Lipinski definition) is 1. The lowest BCUT2D eigenvalue weighted by Gasteiger charge is -1.92. The molecule has 1 rings (SSSR count). The Morgan fingerprint density at radius 1 is 1.70 bits per heavy atom. The minimum Gasteiger partial charge on any atom is -0.396 e. The van der Waals surface area contributed by atoms with Crippen molar-refractivity contribution in [1.29, 1.82) is 5.26 Å². The van der Waals surface area contributed by atoms with Gasteiger partial charge in [0.25, 0.3) is 0 Å². The Kier molecular flexibility index (Phi) is 1.50. The molecule has 1 heterocycles. The number of pyridine rings is 1. The van der Waals surface area contributed by atoms with E-state index in [9.17, 15) is 4.39 Å². The molecule has 0 saturated carbocycles. The monoisotopic (exact) mass is 137 g/mol. The zero-order valence-electron chi connectivity index (χ0n) is 5.00. The zero-order valence-corrected chi connectivity index (χ0v) is 5.00. The summed E-state index contributed by atoms with van der Waals surface area (Å²) < 4.78 is 12.3. The molecule has 0 saturated heterocycles. The SMILES string of the molecule is N#Cc1cc(N)c(F)cn1. The maximum Gasteiger partial charge on any atom is 0.164 e. The summed E-state index contributed by atoms with van der Waals surface area (Å²) >= 11 is 0. The summed E-state index contributed by atoms with van der Waals surface area (Å²) in [4.78, 5) is 3.44. The number of hydrogen-bond acceptors (Lipinski definition) is 3. The fourth-order valence-electron chi connectivity index (χ4n) is 0.515. The molecule has 2 N–H and O–H groups in total. The Labute approximate surface area is 56.9 Å². The summed E-state index contributed by atoms with van der Waals surface area (Å²) in [5.74, 6) is -0.598. The zero-order chi connectivity index (χ0) is 7.56. The number of nitrogen functional groups attached to an aromatic ring is 1. The first-order chi connectivity index (χ1) is 4.74. The van der Waals surface area contributed by atoms with E-state index in [4.69, 9.17) is 11.0 Å². The maximum atomic E-state index is 12.3. The van der Waals surface area contributed by atoms with Gasteiger partial charge in [-0.15, -0.1) is 0 Å². The van der Waals surface area contributed by atoms with Crippen LogP contribution in [0.4, 0.5) is 10.1 Å². The van der Waals surface area contributed by atoms with Gasteiger partial charge in [-0.05, 0) is 0 Å². The number of aromatic nitrogens is 1. The fraction of sp³-hybridized carbons (Fsp3) is 0. The third-order valence-electron chi connectivity index (χ3n) is 1.000. The van der Waals surface area contributed by atoms with Crippen LogP contribution in [0.3, 0.4) is 0 Å². The van der Waals surface area contributed by atoms with Gasteiger partial charge in [0.05, 0.1) is 11.9 Å². The molecule has 0 aliphatic carbocycles.